The summed E-state index contributed by atoms with van der Waals surface area (Å²) < 4.78 is 26.0. The van der Waals surface area contributed by atoms with Crippen molar-refractivity contribution in [2.45, 2.75) is 43.7 Å². The maximum Gasteiger partial charge on any atom is 0.323 e. The number of rotatable bonds is 5. The second kappa shape index (κ2) is 5.83. The third-order valence-electron chi connectivity index (χ3n) is 4.22. The number of aliphatic carboxylic acids is 1. The third kappa shape index (κ3) is 2.88. The van der Waals surface area contributed by atoms with E-state index in [0.717, 1.165) is 17.1 Å². The van der Waals surface area contributed by atoms with Crippen molar-refractivity contribution in [2.75, 3.05) is 6.54 Å². The van der Waals surface area contributed by atoms with Crippen LogP contribution in [0.4, 0.5) is 0 Å². The Kier molecular flexibility index (Phi) is 4.06. The molecule has 1 aromatic carbocycles. The number of carbonyl (C=O) groups excluding carboxylic acids is 2. The molecule has 0 unspecified atom stereocenters. The Labute approximate surface area is 145 Å². The van der Waals surface area contributed by atoms with Crippen LogP contribution in [0.1, 0.15) is 47.4 Å². The second-order valence-corrected chi connectivity index (χ2v) is 8.25. The highest BCUT2D eigenvalue weighted by atomic mass is 32.2. The van der Waals surface area contributed by atoms with Gasteiger partial charge in [0.1, 0.15) is 11.4 Å². The monoisotopic (exact) mass is 366 g/mol. The van der Waals surface area contributed by atoms with E-state index in [-0.39, 0.29) is 22.1 Å². The average molecular weight is 366 g/mol. The van der Waals surface area contributed by atoms with E-state index in [2.05, 4.69) is 0 Å². The van der Waals surface area contributed by atoms with E-state index in [1.807, 2.05) is 0 Å². The first-order valence-electron chi connectivity index (χ1n) is 7.90. The lowest BCUT2D eigenvalue weighted by Crippen LogP contribution is -2.37. The molecule has 2 aliphatic rings. The van der Waals surface area contributed by atoms with Crippen LogP contribution in [0.5, 0.6) is 0 Å². The zero-order valence-electron chi connectivity index (χ0n) is 13.8. The molecule has 0 spiro atoms. The highest BCUT2D eigenvalue weighted by Gasteiger charge is 2.43. The molecule has 1 aliphatic carbocycles. The van der Waals surface area contributed by atoms with E-state index in [0.29, 0.717) is 0 Å². The Morgan fingerprint density at radius 1 is 1.32 bits per heavy atom. The lowest BCUT2D eigenvalue weighted by Gasteiger charge is -2.20. The topological polar surface area (TPSA) is 112 Å². The van der Waals surface area contributed by atoms with Crippen molar-refractivity contribution in [3.8, 4) is 0 Å². The standard InChI is InChI=1S/C16H18N2O6S/c1-9(2)18-16(22)12-6-3-10(7-13(12)25(18,23)24)15(21)17(8-14(19)20)11-4-5-11/h3,6-7,9,11H,4-5,8H2,1-2H3,(H,19,20). The van der Waals surface area contributed by atoms with Crippen LogP contribution < -0.4 is 0 Å². The maximum atomic E-state index is 12.6. The number of carboxylic acids is 1. The molecule has 0 saturated heterocycles. The highest BCUT2D eigenvalue weighted by molar-refractivity contribution is 7.90. The fraction of sp³-hybridized carbons (Fsp3) is 0.438. The number of hydrogen-bond donors (Lipinski definition) is 1. The Bertz CT molecular complexity index is 873. The Hall–Kier alpha value is -2.42. The number of nitrogens with zero attached hydrogens (tertiary/aromatic N) is 2. The van der Waals surface area contributed by atoms with Crippen molar-refractivity contribution in [1.82, 2.24) is 9.21 Å². The van der Waals surface area contributed by atoms with Crippen molar-refractivity contribution >= 4 is 27.8 Å². The fourth-order valence-corrected chi connectivity index (χ4v) is 4.75. The van der Waals surface area contributed by atoms with Crippen molar-refractivity contribution < 1.29 is 27.9 Å². The SMILES string of the molecule is CC(C)N1C(=O)c2ccc(C(=O)N(CC(=O)O)C3CC3)cc2S1(=O)=O. The summed E-state index contributed by atoms with van der Waals surface area (Å²) in [6.07, 6.45) is 1.45. The molecule has 25 heavy (non-hydrogen) atoms. The predicted octanol–water partition coefficient (Wildman–Crippen LogP) is 0.929. The van der Waals surface area contributed by atoms with E-state index >= 15 is 0 Å². The van der Waals surface area contributed by atoms with E-state index in [1.54, 1.807) is 13.8 Å². The van der Waals surface area contributed by atoms with Crippen LogP contribution in [0.25, 0.3) is 0 Å². The number of carbonyl (C=O) groups is 3. The number of benzene rings is 1. The molecule has 3 rings (SSSR count). The van der Waals surface area contributed by atoms with Gasteiger partial charge in [-0.2, -0.15) is 0 Å². The first-order chi connectivity index (χ1) is 11.6. The van der Waals surface area contributed by atoms with Gasteiger partial charge in [0.25, 0.3) is 21.8 Å². The molecule has 0 bridgehead atoms. The van der Waals surface area contributed by atoms with Crippen LogP contribution in [0.3, 0.4) is 0 Å². The summed E-state index contributed by atoms with van der Waals surface area (Å²) in [5.74, 6) is -2.29. The molecule has 0 atom stereocenters. The van der Waals surface area contributed by atoms with Gasteiger partial charge < -0.3 is 10.0 Å². The van der Waals surface area contributed by atoms with Crippen LogP contribution in [0, 0.1) is 0 Å². The number of hydrogen-bond acceptors (Lipinski definition) is 5. The minimum atomic E-state index is -4.01. The van der Waals surface area contributed by atoms with Crippen LogP contribution in [-0.2, 0) is 14.8 Å². The summed E-state index contributed by atoms with van der Waals surface area (Å²) in [6.45, 7) is 2.74. The first-order valence-corrected chi connectivity index (χ1v) is 9.34. The quantitative estimate of drug-likeness (QED) is 0.830. The summed E-state index contributed by atoms with van der Waals surface area (Å²) in [4.78, 5) is 37.0. The minimum absolute atomic E-state index is 0.0291. The Balaban J connectivity index is 2.00. The first kappa shape index (κ1) is 17.4. The van der Waals surface area contributed by atoms with Gasteiger partial charge in [-0.25, -0.2) is 12.7 Å². The van der Waals surface area contributed by atoms with Crippen molar-refractivity contribution in [2.24, 2.45) is 0 Å². The van der Waals surface area contributed by atoms with Gasteiger partial charge in [-0.3, -0.25) is 14.4 Å². The molecular formula is C16H18N2O6S. The normalized spacial score (nSPS) is 18.4. The highest BCUT2D eigenvalue weighted by Crippen LogP contribution is 2.34. The van der Waals surface area contributed by atoms with Gasteiger partial charge >= 0.3 is 5.97 Å². The van der Waals surface area contributed by atoms with Crippen LogP contribution in [0.15, 0.2) is 23.1 Å². The van der Waals surface area contributed by atoms with Gasteiger partial charge in [-0.1, -0.05) is 0 Å². The zero-order valence-corrected chi connectivity index (χ0v) is 14.6. The minimum Gasteiger partial charge on any atom is -0.480 e. The molecule has 1 aliphatic heterocycles. The van der Waals surface area contributed by atoms with Crippen molar-refractivity contribution in [3.63, 3.8) is 0 Å². The maximum absolute atomic E-state index is 12.6. The second-order valence-electron chi connectivity index (χ2n) is 6.47. The smallest absolute Gasteiger partial charge is 0.323 e. The van der Waals surface area contributed by atoms with E-state index in [1.165, 1.54) is 23.1 Å². The summed E-state index contributed by atoms with van der Waals surface area (Å²) in [6, 6.07) is 3.18. The number of carboxylic acid groups (broad SMARTS) is 1. The summed E-state index contributed by atoms with van der Waals surface area (Å²) in [7, 11) is -4.01. The lowest BCUT2D eigenvalue weighted by molar-refractivity contribution is -0.137. The van der Waals surface area contributed by atoms with Gasteiger partial charge in [-0.05, 0) is 44.9 Å². The third-order valence-corrected chi connectivity index (χ3v) is 6.22. The van der Waals surface area contributed by atoms with Crippen molar-refractivity contribution in [3.05, 3.63) is 29.3 Å². The molecule has 8 nitrogen and oxygen atoms in total. The van der Waals surface area contributed by atoms with Gasteiger partial charge in [0.15, 0.2) is 0 Å². The Morgan fingerprint density at radius 3 is 2.48 bits per heavy atom. The van der Waals surface area contributed by atoms with Crippen LogP contribution in [-0.4, -0.2) is 59.1 Å². The number of amides is 2. The molecule has 1 heterocycles. The Morgan fingerprint density at radius 2 is 1.96 bits per heavy atom. The van der Waals surface area contributed by atoms with Gasteiger partial charge in [0, 0.05) is 17.6 Å². The molecule has 1 saturated carbocycles. The van der Waals surface area contributed by atoms with Gasteiger partial charge in [0.05, 0.1) is 5.56 Å². The summed E-state index contributed by atoms with van der Waals surface area (Å²) >= 11 is 0. The van der Waals surface area contributed by atoms with E-state index in [4.69, 9.17) is 5.11 Å². The molecule has 0 aromatic heterocycles. The fourth-order valence-electron chi connectivity index (χ4n) is 2.96. The molecule has 1 aromatic rings. The molecule has 9 heteroatoms. The molecule has 134 valence electrons. The van der Waals surface area contributed by atoms with Gasteiger partial charge in [-0.15, -0.1) is 0 Å². The number of fused-ring (bicyclic) bond motifs is 1. The lowest BCUT2D eigenvalue weighted by atomic mass is 10.1. The largest absolute Gasteiger partial charge is 0.480 e. The average Bonchev–Trinajstić information content (AvgIpc) is 3.32. The molecule has 0 radical (unpaired) electrons. The zero-order chi connectivity index (χ0) is 18.5. The van der Waals surface area contributed by atoms with E-state index < -0.39 is 40.4 Å². The predicted molar refractivity (Wildman–Crippen MR) is 86.6 cm³/mol. The summed E-state index contributed by atoms with van der Waals surface area (Å²) in [5.41, 5.74) is 0.0929. The van der Waals surface area contributed by atoms with Crippen molar-refractivity contribution in [1.29, 1.82) is 0 Å². The van der Waals surface area contributed by atoms with Crippen LogP contribution >= 0.6 is 0 Å². The molecule has 2 amide bonds. The molecule has 1 fully saturated rings. The van der Waals surface area contributed by atoms with Crippen LogP contribution in [0.2, 0.25) is 0 Å². The summed E-state index contributed by atoms with van der Waals surface area (Å²) in [5, 5.41) is 8.98. The number of sulfonamides is 1. The van der Waals surface area contributed by atoms with Gasteiger partial charge in [0.2, 0.25) is 0 Å². The molecular weight excluding hydrogens is 348 g/mol. The molecule has 1 N–H and O–H groups in total. The van der Waals surface area contributed by atoms with E-state index in [9.17, 15) is 22.8 Å².